The number of hydrogen-bond donors (Lipinski definition) is 3. The highest BCUT2D eigenvalue weighted by molar-refractivity contribution is 5.96. The molecule has 33 heavy (non-hydrogen) atoms. The van der Waals surface area contributed by atoms with Gasteiger partial charge in [0, 0.05) is 64.3 Å². The number of pyridine rings is 1. The van der Waals surface area contributed by atoms with Gasteiger partial charge in [-0.2, -0.15) is 0 Å². The minimum absolute atomic E-state index is 0.101. The van der Waals surface area contributed by atoms with Crippen LogP contribution in [0.4, 0.5) is 17.3 Å². The lowest BCUT2D eigenvalue weighted by molar-refractivity contribution is -0.124. The molecule has 0 aliphatic carbocycles. The number of carbonyl (C=O) groups is 2. The molecule has 0 spiro atoms. The van der Waals surface area contributed by atoms with Gasteiger partial charge in [-0.1, -0.05) is 13.5 Å². The number of amides is 2. The van der Waals surface area contributed by atoms with Crippen LogP contribution in [0.2, 0.25) is 0 Å². The highest BCUT2D eigenvalue weighted by atomic mass is 16.2. The van der Waals surface area contributed by atoms with Crippen molar-refractivity contribution in [2.45, 2.75) is 26.7 Å². The highest BCUT2D eigenvalue weighted by Crippen LogP contribution is 2.24. The van der Waals surface area contributed by atoms with E-state index in [1.807, 2.05) is 31.9 Å². The third kappa shape index (κ3) is 7.25. The number of carbonyl (C=O) groups excluding carboxylic acids is 2. The Hall–Kier alpha value is -3.53. The third-order valence-corrected chi connectivity index (χ3v) is 5.16. The molecule has 0 saturated carbocycles. The lowest BCUT2D eigenvalue weighted by Crippen LogP contribution is -2.33. The molecule has 10 nitrogen and oxygen atoms in total. The zero-order chi connectivity index (χ0) is 24.4. The van der Waals surface area contributed by atoms with Crippen molar-refractivity contribution in [1.82, 2.24) is 25.2 Å². The Labute approximate surface area is 195 Å². The van der Waals surface area contributed by atoms with E-state index in [1.165, 1.54) is 6.08 Å². The number of anilines is 3. The molecular weight excluding hydrogens is 420 g/mol. The number of rotatable bonds is 13. The standard InChI is InChI=1S/C23H34N8O2/c1-6-18-23(30(4)8-3)29-22(20(28-18)21(24)33)27-17-10-12-26-16(15-17)9-11-25-13-14-31(5)19(32)7-2/h7,10,12,15,25H,2,6,8-9,11,13-14H2,1,3-5H3,(H2,24,33)(H,26,27,29). The van der Waals surface area contributed by atoms with Gasteiger partial charge in [0.15, 0.2) is 17.3 Å². The fourth-order valence-corrected chi connectivity index (χ4v) is 3.10. The number of hydrogen-bond acceptors (Lipinski definition) is 8. The molecule has 2 heterocycles. The zero-order valence-corrected chi connectivity index (χ0v) is 19.9. The van der Waals surface area contributed by atoms with Gasteiger partial charge in [0.05, 0.1) is 5.69 Å². The first-order valence-electron chi connectivity index (χ1n) is 11.0. The van der Waals surface area contributed by atoms with Gasteiger partial charge in [-0.3, -0.25) is 14.6 Å². The average molecular weight is 455 g/mol. The van der Waals surface area contributed by atoms with Gasteiger partial charge in [0.25, 0.3) is 5.91 Å². The number of nitrogens with two attached hydrogens (primary N) is 1. The molecule has 0 aliphatic heterocycles. The van der Waals surface area contributed by atoms with Crippen molar-refractivity contribution in [2.75, 3.05) is 50.5 Å². The molecule has 0 saturated heterocycles. The molecule has 2 rings (SSSR count). The largest absolute Gasteiger partial charge is 0.364 e. The smallest absolute Gasteiger partial charge is 0.271 e. The fourth-order valence-electron chi connectivity index (χ4n) is 3.10. The van der Waals surface area contributed by atoms with E-state index in [0.29, 0.717) is 44.1 Å². The van der Waals surface area contributed by atoms with Gasteiger partial charge >= 0.3 is 0 Å². The Bertz CT molecular complexity index is 979. The Kier molecular flexibility index (Phi) is 9.74. The molecule has 0 unspecified atom stereocenters. The van der Waals surface area contributed by atoms with Crippen molar-refractivity contribution in [3.8, 4) is 0 Å². The van der Waals surface area contributed by atoms with E-state index in [0.717, 1.165) is 23.6 Å². The molecule has 2 aromatic heterocycles. The van der Waals surface area contributed by atoms with Crippen molar-refractivity contribution in [1.29, 1.82) is 0 Å². The van der Waals surface area contributed by atoms with Crippen molar-refractivity contribution in [2.24, 2.45) is 5.73 Å². The number of aryl methyl sites for hydroxylation is 1. The molecule has 0 atom stereocenters. The van der Waals surface area contributed by atoms with Crippen LogP contribution in [0, 0.1) is 0 Å². The monoisotopic (exact) mass is 454 g/mol. The van der Waals surface area contributed by atoms with E-state index in [4.69, 9.17) is 5.73 Å². The van der Waals surface area contributed by atoms with Crippen LogP contribution in [-0.4, -0.2) is 71.9 Å². The second-order valence-electron chi connectivity index (χ2n) is 7.55. The minimum atomic E-state index is -0.635. The fraction of sp³-hybridized carbons (Fsp3) is 0.435. The molecule has 0 fully saturated rings. The van der Waals surface area contributed by atoms with Crippen LogP contribution in [-0.2, 0) is 17.6 Å². The topological polar surface area (TPSA) is 129 Å². The number of nitrogens with zero attached hydrogens (tertiary/aromatic N) is 5. The molecule has 2 aromatic rings. The van der Waals surface area contributed by atoms with E-state index < -0.39 is 5.91 Å². The van der Waals surface area contributed by atoms with Gasteiger partial charge in [0.1, 0.15) is 0 Å². The average Bonchev–Trinajstić information content (AvgIpc) is 2.82. The summed E-state index contributed by atoms with van der Waals surface area (Å²) in [5.41, 5.74) is 8.02. The Morgan fingerprint density at radius 2 is 1.97 bits per heavy atom. The second-order valence-corrected chi connectivity index (χ2v) is 7.55. The summed E-state index contributed by atoms with van der Waals surface area (Å²) in [5.74, 6) is 0.297. The van der Waals surface area contributed by atoms with Gasteiger partial charge in [-0.05, 0) is 31.6 Å². The number of nitrogens with one attached hydrogen (secondary N) is 2. The van der Waals surface area contributed by atoms with Gasteiger partial charge in [0.2, 0.25) is 5.91 Å². The number of aromatic nitrogens is 3. The molecule has 0 aromatic carbocycles. The van der Waals surface area contributed by atoms with E-state index >= 15 is 0 Å². The molecule has 4 N–H and O–H groups in total. The summed E-state index contributed by atoms with van der Waals surface area (Å²) in [6.07, 6.45) is 4.33. The Balaban J connectivity index is 2.09. The second kappa shape index (κ2) is 12.5. The van der Waals surface area contributed by atoms with Gasteiger partial charge in [-0.15, -0.1) is 0 Å². The molecular formula is C23H34N8O2. The first-order chi connectivity index (χ1) is 15.8. The summed E-state index contributed by atoms with van der Waals surface area (Å²) in [7, 11) is 3.67. The third-order valence-electron chi connectivity index (χ3n) is 5.16. The van der Waals surface area contributed by atoms with Gasteiger partial charge < -0.3 is 26.2 Å². The highest BCUT2D eigenvalue weighted by Gasteiger charge is 2.19. The predicted molar refractivity (Wildman–Crippen MR) is 131 cm³/mol. The van der Waals surface area contributed by atoms with Crippen LogP contribution >= 0.6 is 0 Å². The van der Waals surface area contributed by atoms with Crippen molar-refractivity contribution >= 4 is 29.1 Å². The van der Waals surface area contributed by atoms with Crippen LogP contribution in [0.15, 0.2) is 31.0 Å². The van der Waals surface area contributed by atoms with Crippen molar-refractivity contribution < 1.29 is 9.59 Å². The maximum atomic E-state index is 12.0. The number of likely N-dealkylation sites (N-methyl/N-ethyl adjacent to an activating group) is 1. The van der Waals surface area contributed by atoms with Crippen LogP contribution in [0.1, 0.15) is 35.7 Å². The summed E-state index contributed by atoms with van der Waals surface area (Å²) >= 11 is 0. The van der Waals surface area contributed by atoms with Crippen molar-refractivity contribution in [3.05, 3.63) is 48.1 Å². The molecule has 0 bridgehead atoms. The Morgan fingerprint density at radius 3 is 2.61 bits per heavy atom. The van der Waals surface area contributed by atoms with E-state index in [2.05, 4.69) is 32.2 Å². The maximum absolute atomic E-state index is 12.0. The normalized spacial score (nSPS) is 10.5. The summed E-state index contributed by atoms with van der Waals surface area (Å²) < 4.78 is 0. The van der Waals surface area contributed by atoms with Crippen LogP contribution < -0.4 is 21.3 Å². The zero-order valence-electron chi connectivity index (χ0n) is 19.9. The van der Waals surface area contributed by atoms with Crippen molar-refractivity contribution in [3.63, 3.8) is 0 Å². The molecule has 178 valence electrons. The van der Waals surface area contributed by atoms with E-state index in [1.54, 1.807) is 24.2 Å². The molecule has 2 amide bonds. The van der Waals surface area contributed by atoms with E-state index in [-0.39, 0.29) is 11.6 Å². The maximum Gasteiger partial charge on any atom is 0.271 e. The predicted octanol–water partition coefficient (Wildman–Crippen LogP) is 1.51. The lowest BCUT2D eigenvalue weighted by atomic mass is 10.2. The SMILES string of the molecule is C=CC(=O)N(C)CCNCCc1cc(Nc2nc(N(C)CC)c(CC)nc2C(N)=O)ccn1. The molecule has 10 heteroatoms. The summed E-state index contributed by atoms with van der Waals surface area (Å²) in [4.78, 5) is 40.6. The first kappa shape index (κ1) is 25.7. The molecule has 0 aliphatic rings. The van der Waals surface area contributed by atoms with Gasteiger partial charge in [-0.25, -0.2) is 9.97 Å². The first-order valence-corrected chi connectivity index (χ1v) is 11.0. The van der Waals surface area contributed by atoms with Crippen LogP contribution in [0.3, 0.4) is 0 Å². The minimum Gasteiger partial charge on any atom is -0.364 e. The summed E-state index contributed by atoms with van der Waals surface area (Å²) in [5, 5.41) is 6.48. The van der Waals surface area contributed by atoms with E-state index in [9.17, 15) is 9.59 Å². The summed E-state index contributed by atoms with van der Waals surface area (Å²) in [6, 6.07) is 3.70. The summed E-state index contributed by atoms with van der Waals surface area (Å²) in [6.45, 7) is 10.2. The lowest BCUT2D eigenvalue weighted by Gasteiger charge is -2.21. The Morgan fingerprint density at radius 1 is 1.21 bits per heavy atom. The number of primary amides is 1. The van der Waals surface area contributed by atoms with Crippen LogP contribution in [0.5, 0.6) is 0 Å². The van der Waals surface area contributed by atoms with Crippen LogP contribution in [0.25, 0.3) is 0 Å². The molecule has 0 radical (unpaired) electrons. The quantitative estimate of drug-likeness (QED) is 0.307.